The largest absolute Gasteiger partial charge is 0.463 e. The maximum atomic E-state index is 11.8. The topological polar surface area (TPSA) is 136 Å². The van der Waals surface area contributed by atoms with Crippen molar-refractivity contribution in [3.63, 3.8) is 0 Å². The summed E-state index contributed by atoms with van der Waals surface area (Å²) in [6.07, 6.45) is 1.84. The Bertz CT molecular complexity index is 626. The Labute approximate surface area is 184 Å². The van der Waals surface area contributed by atoms with E-state index >= 15 is 0 Å². The van der Waals surface area contributed by atoms with Crippen LogP contribution >= 0.6 is 0 Å². The van der Waals surface area contributed by atoms with Gasteiger partial charge in [-0.15, -0.1) is 6.58 Å². The first-order chi connectivity index (χ1) is 14.8. The molecule has 0 aromatic rings. The Morgan fingerprint density at radius 2 is 1.39 bits per heavy atom. The van der Waals surface area contributed by atoms with E-state index in [-0.39, 0.29) is 26.1 Å². The molecule has 0 fully saturated rings. The van der Waals surface area contributed by atoms with E-state index in [4.69, 9.17) is 28.9 Å². The third kappa shape index (κ3) is 17.0. The molecular formula is C21H34N4O6. The molecule has 10 heteroatoms. The average Bonchev–Trinajstić information content (AvgIpc) is 2.76. The number of esters is 1. The fraction of sp³-hybridized carbons (Fsp3) is 0.762. The zero-order chi connectivity index (χ0) is 23.4. The maximum Gasteiger partial charge on any atom is 0.305 e. The number of ether oxygens (including phenoxy) is 5. The van der Waals surface area contributed by atoms with Gasteiger partial charge in [-0.2, -0.15) is 20.8 Å². The highest BCUT2D eigenvalue weighted by Crippen LogP contribution is 2.20. The van der Waals surface area contributed by atoms with Gasteiger partial charge in [0.05, 0.1) is 65.0 Å². The summed E-state index contributed by atoms with van der Waals surface area (Å²) in [5.74, 6) is -0.453. The molecule has 0 aromatic carbocycles. The molecule has 31 heavy (non-hydrogen) atoms. The van der Waals surface area contributed by atoms with E-state index in [9.17, 15) is 10.1 Å². The molecule has 1 atom stereocenters. The summed E-state index contributed by atoms with van der Waals surface area (Å²) < 4.78 is 26.2. The predicted molar refractivity (Wildman–Crippen MR) is 112 cm³/mol. The predicted octanol–water partition coefficient (Wildman–Crippen LogP) is 2.60. The van der Waals surface area contributed by atoms with Gasteiger partial charge in [0.25, 0.3) is 0 Å². The van der Waals surface area contributed by atoms with Gasteiger partial charge < -0.3 is 23.7 Å². The molecule has 0 aliphatic carbocycles. The molecule has 10 nitrogen and oxygen atoms in total. The van der Waals surface area contributed by atoms with Gasteiger partial charge in [0.1, 0.15) is 6.61 Å². The second kappa shape index (κ2) is 17.3. The summed E-state index contributed by atoms with van der Waals surface area (Å²) in [6, 6.07) is 3.99. The monoisotopic (exact) mass is 438 g/mol. The van der Waals surface area contributed by atoms with E-state index in [1.807, 2.05) is 12.1 Å². The first-order valence-corrected chi connectivity index (χ1v) is 10.1. The molecular weight excluding hydrogens is 404 g/mol. The van der Waals surface area contributed by atoms with Gasteiger partial charge >= 0.3 is 5.97 Å². The number of azo groups is 1. The second-order valence-corrected chi connectivity index (χ2v) is 7.18. The minimum Gasteiger partial charge on any atom is -0.463 e. The van der Waals surface area contributed by atoms with Crippen molar-refractivity contribution in [1.82, 2.24) is 0 Å². The van der Waals surface area contributed by atoms with Crippen molar-refractivity contribution < 1.29 is 28.5 Å². The molecule has 0 saturated carbocycles. The van der Waals surface area contributed by atoms with Crippen LogP contribution in [0.5, 0.6) is 0 Å². The molecule has 0 aromatic heterocycles. The third-order valence-electron chi connectivity index (χ3n) is 3.69. The van der Waals surface area contributed by atoms with E-state index in [1.54, 1.807) is 26.8 Å². The van der Waals surface area contributed by atoms with E-state index in [0.29, 0.717) is 46.2 Å². The van der Waals surface area contributed by atoms with Gasteiger partial charge in [-0.05, 0) is 27.2 Å². The lowest BCUT2D eigenvalue weighted by molar-refractivity contribution is -0.145. The fourth-order valence-electron chi connectivity index (χ4n) is 1.84. The number of carbonyl (C=O) groups excluding carboxylic acids is 1. The molecule has 0 rings (SSSR count). The minimum absolute atomic E-state index is 0.0117. The number of carbonyl (C=O) groups is 1. The summed E-state index contributed by atoms with van der Waals surface area (Å²) in [6.45, 7) is 11.9. The van der Waals surface area contributed by atoms with E-state index in [0.717, 1.165) is 0 Å². The summed E-state index contributed by atoms with van der Waals surface area (Å²) in [5, 5.41) is 26.1. The van der Waals surface area contributed by atoms with Crippen LogP contribution in [0.2, 0.25) is 0 Å². The SMILES string of the molecule is C=CCOCCOCCOCCOCCOC(=O)CCC(C)(C#N)N=NC(C)(C)C#N. The van der Waals surface area contributed by atoms with Crippen LogP contribution in [0, 0.1) is 22.7 Å². The molecule has 0 saturated heterocycles. The molecule has 174 valence electrons. The summed E-state index contributed by atoms with van der Waals surface area (Å²) in [7, 11) is 0. The molecule has 0 bridgehead atoms. The van der Waals surface area contributed by atoms with E-state index in [2.05, 4.69) is 16.8 Å². The van der Waals surface area contributed by atoms with Crippen LogP contribution in [0.4, 0.5) is 0 Å². The number of hydrogen-bond acceptors (Lipinski definition) is 10. The van der Waals surface area contributed by atoms with Crippen molar-refractivity contribution in [1.29, 1.82) is 10.5 Å². The summed E-state index contributed by atoms with van der Waals surface area (Å²) in [4.78, 5) is 11.8. The van der Waals surface area contributed by atoms with Gasteiger partial charge in [0.15, 0.2) is 11.1 Å². The lowest BCUT2D eigenvalue weighted by atomic mass is 9.99. The zero-order valence-corrected chi connectivity index (χ0v) is 18.8. The Balaban J connectivity index is 3.71. The van der Waals surface area contributed by atoms with Crippen LogP contribution in [-0.2, 0) is 28.5 Å². The van der Waals surface area contributed by atoms with E-state index < -0.39 is 17.0 Å². The quantitative estimate of drug-likeness (QED) is 0.130. The van der Waals surface area contributed by atoms with Crippen LogP contribution in [-0.4, -0.2) is 76.5 Å². The van der Waals surface area contributed by atoms with E-state index in [1.165, 1.54) is 0 Å². The molecule has 0 spiro atoms. The summed E-state index contributed by atoms with van der Waals surface area (Å²) >= 11 is 0. The van der Waals surface area contributed by atoms with Crippen LogP contribution < -0.4 is 0 Å². The minimum atomic E-state index is -1.19. The highest BCUT2D eigenvalue weighted by Gasteiger charge is 2.26. The van der Waals surface area contributed by atoms with Crippen LogP contribution in [0.25, 0.3) is 0 Å². The number of hydrogen-bond donors (Lipinski definition) is 0. The normalized spacial score (nSPS) is 13.3. The Hall–Kier alpha value is -2.37. The van der Waals surface area contributed by atoms with Crippen LogP contribution in [0.3, 0.4) is 0 Å². The molecule has 0 aliphatic rings. The first-order valence-electron chi connectivity index (χ1n) is 10.1. The maximum absolute atomic E-state index is 11.8. The van der Waals surface area contributed by atoms with Crippen molar-refractivity contribution in [2.45, 2.75) is 44.7 Å². The Morgan fingerprint density at radius 3 is 1.87 bits per heavy atom. The van der Waals surface area contributed by atoms with Crippen LogP contribution in [0.1, 0.15) is 33.6 Å². The average molecular weight is 439 g/mol. The standard InChI is InChI=1S/C21H34N4O6/c1-5-8-27-9-10-28-11-12-29-13-14-30-15-16-31-19(26)6-7-21(4,18-23)25-24-20(2,3)17-22/h5H,1,6-16H2,2-4H3. The highest BCUT2D eigenvalue weighted by molar-refractivity contribution is 5.69. The molecule has 0 heterocycles. The third-order valence-corrected chi connectivity index (χ3v) is 3.69. The zero-order valence-electron chi connectivity index (χ0n) is 18.8. The second-order valence-electron chi connectivity index (χ2n) is 7.18. The smallest absolute Gasteiger partial charge is 0.305 e. The highest BCUT2D eigenvalue weighted by atomic mass is 16.6. The number of rotatable bonds is 19. The Morgan fingerprint density at radius 1 is 0.871 bits per heavy atom. The lowest BCUT2D eigenvalue weighted by Gasteiger charge is -2.16. The molecule has 0 N–H and O–H groups in total. The van der Waals surface area contributed by atoms with Crippen molar-refractivity contribution in [2.75, 3.05) is 59.5 Å². The van der Waals surface area contributed by atoms with Crippen molar-refractivity contribution >= 4 is 5.97 Å². The van der Waals surface area contributed by atoms with Gasteiger partial charge in [-0.1, -0.05) is 6.08 Å². The number of nitrogens with zero attached hydrogens (tertiary/aromatic N) is 4. The number of nitriles is 2. The van der Waals surface area contributed by atoms with Gasteiger partial charge in [-0.25, -0.2) is 0 Å². The van der Waals surface area contributed by atoms with Gasteiger partial charge in [0, 0.05) is 6.42 Å². The van der Waals surface area contributed by atoms with Crippen molar-refractivity contribution in [2.24, 2.45) is 10.2 Å². The Kier molecular flexibility index (Phi) is 16.0. The molecule has 0 amide bonds. The molecule has 1 unspecified atom stereocenters. The first kappa shape index (κ1) is 28.6. The molecule has 0 aliphatic heterocycles. The summed E-state index contributed by atoms with van der Waals surface area (Å²) in [5.41, 5.74) is -2.21. The van der Waals surface area contributed by atoms with Gasteiger partial charge in [-0.3, -0.25) is 4.79 Å². The van der Waals surface area contributed by atoms with Crippen molar-refractivity contribution in [3.05, 3.63) is 12.7 Å². The van der Waals surface area contributed by atoms with Crippen LogP contribution in [0.15, 0.2) is 22.9 Å². The molecule has 0 radical (unpaired) electrons. The fourth-order valence-corrected chi connectivity index (χ4v) is 1.84. The lowest BCUT2D eigenvalue weighted by Crippen LogP contribution is -2.23. The van der Waals surface area contributed by atoms with Crippen molar-refractivity contribution in [3.8, 4) is 12.1 Å². The van der Waals surface area contributed by atoms with Gasteiger partial charge in [0.2, 0.25) is 0 Å².